The number of anilines is 2. The highest BCUT2D eigenvalue weighted by atomic mass is 32.2. The molecule has 4 rings (SSSR count). The Morgan fingerprint density at radius 3 is 2.87 bits per heavy atom. The van der Waals surface area contributed by atoms with Gasteiger partial charge in [0.2, 0.25) is 5.91 Å². The van der Waals surface area contributed by atoms with Crippen molar-refractivity contribution in [3.8, 4) is 0 Å². The Balaban J connectivity index is 1.58. The lowest BCUT2D eigenvalue weighted by Gasteiger charge is -2.29. The standard InChI is InChI=1S/C22H23N3O4S2/c1-3-20(26)23-22-15(2)24-29-19(22)12-10-17-11-13-21(30-17)31(27,28)25-14-6-8-16-7-4-5-9-18(16)25/h4-5,7,9-13H,3,6,8,14H2,1-2H3,(H,23,26)/b12-10+. The summed E-state index contributed by atoms with van der Waals surface area (Å²) in [5.74, 6) is 0.286. The average Bonchev–Trinajstić information content (AvgIpc) is 3.39. The van der Waals surface area contributed by atoms with Crippen LogP contribution in [-0.4, -0.2) is 26.0 Å². The van der Waals surface area contributed by atoms with Gasteiger partial charge in [-0.3, -0.25) is 9.10 Å². The number of thiophene rings is 1. The van der Waals surface area contributed by atoms with Gasteiger partial charge in [-0.2, -0.15) is 0 Å². The zero-order valence-electron chi connectivity index (χ0n) is 17.3. The van der Waals surface area contributed by atoms with Crippen molar-refractivity contribution in [1.29, 1.82) is 0 Å². The molecule has 1 aliphatic heterocycles. The van der Waals surface area contributed by atoms with Crippen LogP contribution in [0.25, 0.3) is 12.2 Å². The van der Waals surface area contributed by atoms with Gasteiger partial charge in [-0.05, 0) is 55.7 Å². The van der Waals surface area contributed by atoms with Crippen LogP contribution in [0.3, 0.4) is 0 Å². The summed E-state index contributed by atoms with van der Waals surface area (Å²) in [6.45, 7) is 3.99. The number of para-hydroxylation sites is 1. The first-order valence-corrected chi connectivity index (χ1v) is 12.3. The van der Waals surface area contributed by atoms with Gasteiger partial charge in [0, 0.05) is 17.8 Å². The molecule has 162 valence electrons. The highest BCUT2D eigenvalue weighted by Crippen LogP contribution is 2.34. The molecule has 0 aliphatic carbocycles. The van der Waals surface area contributed by atoms with Crippen LogP contribution >= 0.6 is 11.3 Å². The van der Waals surface area contributed by atoms with Gasteiger partial charge >= 0.3 is 0 Å². The summed E-state index contributed by atoms with van der Waals surface area (Å²) in [6, 6.07) is 11.0. The number of amides is 1. The molecule has 0 radical (unpaired) electrons. The van der Waals surface area contributed by atoms with Crippen molar-refractivity contribution in [1.82, 2.24) is 5.16 Å². The Bertz CT molecular complexity index is 1240. The Morgan fingerprint density at radius 2 is 2.06 bits per heavy atom. The molecule has 1 aliphatic rings. The average molecular weight is 458 g/mol. The molecule has 7 nitrogen and oxygen atoms in total. The molecule has 1 N–H and O–H groups in total. The normalized spacial score (nSPS) is 14.1. The minimum atomic E-state index is -3.64. The molecule has 0 atom stereocenters. The van der Waals surface area contributed by atoms with Gasteiger partial charge in [0.15, 0.2) is 5.76 Å². The lowest BCUT2D eigenvalue weighted by molar-refractivity contribution is -0.115. The van der Waals surface area contributed by atoms with Gasteiger partial charge in [0.05, 0.1) is 5.69 Å². The monoisotopic (exact) mass is 457 g/mol. The van der Waals surface area contributed by atoms with Gasteiger partial charge in [0.1, 0.15) is 15.6 Å². The molecule has 0 spiro atoms. The maximum Gasteiger partial charge on any atom is 0.273 e. The van der Waals surface area contributed by atoms with Crippen molar-refractivity contribution < 1.29 is 17.7 Å². The zero-order chi connectivity index (χ0) is 22.0. The van der Waals surface area contributed by atoms with Crippen molar-refractivity contribution in [3.05, 3.63) is 58.3 Å². The summed E-state index contributed by atoms with van der Waals surface area (Å²) in [5.41, 5.74) is 2.92. The van der Waals surface area contributed by atoms with Crippen LogP contribution in [0, 0.1) is 6.92 Å². The van der Waals surface area contributed by atoms with E-state index < -0.39 is 10.0 Å². The molecule has 3 aromatic rings. The molecule has 2 aromatic heterocycles. The number of aryl methyl sites for hydroxylation is 2. The number of aromatic nitrogens is 1. The summed E-state index contributed by atoms with van der Waals surface area (Å²) >= 11 is 1.19. The highest BCUT2D eigenvalue weighted by molar-refractivity contribution is 7.94. The number of rotatable bonds is 6. The molecule has 0 saturated carbocycles. The van der Waals surface area contributed by atoms with Crippen molar-refractivity contribution in [2.24, 2.45) is 0 Å². The number of hydrogen-bond acceptors (Lipinski definition) is 6. The van der Waals surface area contributed by atoms with Crippen molar-refractivity contribution in [2.75, 3.05) is 16.2 Å². The molecule has 9 heteroatoms. The highest BCUT2D eigenvalue weighted by Gasteiger charge is 2.30. The first-order chi connectivity index (χ1) is 14.9. The molecule has 31 heavy (non-hydrogen) atoms. The zero-order valence-corrected chi connectivity index (χ0v) is 18.9. The fraction of sp³-hybridized carbons (Fsp3) is 0.273. The Hall–Kier alpha value is -2.91. The second-order valence-electron chi connectivity index (χ2n) is 7.21. The van der Waals surface area contributed by atoms with Gasteiger partial charge < -0.3 is 9.84 Å². The second-order valence-corrected chi connectivity index (χ2v) is 10.4. The molecule has 1 amide bonds. The summed E-state index contributed by atoms with van der Waals surface area (Å²) in [5, 5.41) is 6.68. The largest absolute Gasteiger partial charge is 0.354 e. The number of nitrogens with zero attached hydrogens (tertiary/aromatic N) is 2. The Labute approximate surface area is 185 Å². The van der Waals surface area contributed by atoms with Gasteiger partial charge in [-0.15, -0.1) is 11.3 Å². The van der Waals surface area contributed by atoms with E-state index in [2.05, 4.69) is 10.5 Å². The smallest absolute Gasteiger partial charge is 0.273 e. The fourth-order valence-corrected chi connectivity index (χ4v) is 6.34. The number of carbonyl (C=O) groups is 1. The molecule has 3 heterocycles. The fourth-order valence-electron chi connectivity index (χ4n) is 3.46. The molecule has 0 unspecified atom stereocenters. The number of carbonyl (C=O) groups excluding carboxylic acids is 1. The van der Waals surface area contributed by atoms with Crippen LogP contribution in [0.4, 0.5) is 11.4 Å². The summed E-state index contributed by atoms with van der Waals surface area (Å²) in [7, 11) is -3.64. The Morgan fingerprint density at radius 1 is 1.26 bits per heavy atom. The SMILES string of the molecule is CCC(=O)Nc1c(C)noc1/C=C/c1ccc(S(=O)(=O)N2CCCc3ccccc32)s1. The third kappa shape index (κ3) is 4.28. The quantitative estimate of drug-likeness (QED) is 0.579. The molecule has 0 saturated heterocycles. The number of benzene rings is 1. The van der Waals surface area contributed by atoms with E-state index in [1.165, 1.54) is 15.6 Å². The topological polar surface area (TPSA) is 92.5 Å². The molecule has 1 aromatic carbocycles. The van der Waals surface area contributed by atoms with E-state index in [4.69, 9.17) is 4.52 Å². The van der Waals surface area contributed by atoms with Gasteiger partial charge in [0.25, 0.3) is 10.0 Å². The van der Waals surface area contributed by atoms with Crippen molar-refractivity contribution >= 4 is 50.8 Å². The Kier molecular flexibility index (Phi) is 5.97. The van der Waals surface area contributed by atoms with Crippen LogP contribution in [0.1, 0.15) is 41.7 Å². The first kappa shape index (κ1) is 21.3. The van der Waals surface area contributed by atoms with E-state index in [1.54, 1.807) is 38.1 Å². The summed E-state index contributed by atoms with van der Waals surface area (Å²) in [4.78, 5) is 12.5. The predicted molar refractivity (Wildman–Crippen MR) is 123 cm³/mol. The van der Waals surface area contributed by atoms with E-state index in [0.717, 1.165) is 29.0 Å². The summed E-state index contributed by atoms with van der Waals surface area (Å²) in [6.07, 6.45) is 5.47. The number of fused-ring (bicyclic) bond motifs is 1. The molecular formula is C22H23N3O4S2. The number of nitrogens with one attached hydrogen (secondary N) is 1. The molecule has 0 fully saturated rings. The third-order valence-electron chi connectivity index (χ3n) is 5.09. The predicted octanol–water partition coefficient (Wildman–Crippen LogP) is 4.70. The van der Waals surface area contributed by atoms with E-state index in [9.17, 15) is 13.2 Å². The molecular weight excluding hydrogens is 434 g/mol. The number of hydrogen-bond donors (Lipinski definition) is 1. The van der Waals surface area contributed by atoms with Crippen LogP contribution < -0.4 is 9.62 Å². The third-order valence-corrected chi connectivity index (χ3v) is 8.42. The first-order valence-electron chi connectivity index (χ1n) is 10.0. The maximum absolute atomic E-state index is 13.3. The second kappa shape index (κ2) is 8.68. The van der Waals surface area contributed by atoms with Crippen LogP contribution in [0.15, 0.2) is 45.1 Å². The lowest BCUT2D eigenvalue weighted by atomic mass is 10.0. The van der Waals surface area contributed by atoms with Gasteiger partial charge in [-0.25, -0.2) is 8.42 Å². The van der Waals surface area contributed by atoms with Crippen molar-refractivity contribution in [2.45, 2.75) is 37.3 Å². The minimum absolute atomic E-state index is 0.132. The minimum Gasteiger partial charge on any atom is -0.354 e. The summed E-state index contributed by atoms with van der Waals surface area (Å²) < 4.78 is 33.7. The van der Waals surface area contributed by atoms with E-state index >= 15 is 0 Å². The maximum atomic E-state index is 13.3. The van der Waals surface area contributed by atoms with Crippen LogP contribution in [0.2, 0.25) is 0 Å². The van der Waals surface area contributed by atoms with Gasteiger partial charge in [-0.1, -0.05) is 30.3 Å². The van der Waals surface area contributed by atoms with Crippen LogP contribution in [0.5, 0.6) is 0 Å². The van der Waals surface area contributed by atoms with Crippen LogP contribution in [-0.2, 0) is 21.2 Å². The van der Waals surface area contributed by atoms with E-state index in [-0.39, 0.29) is 10.1 Å². The molecule has 0 bridgehead atoms. The lowest BCUT2D eigenvalue weighted by Crippen LogP contribution is -2.35. The number of sulfonamides is 1. The van der Waals surface area contributed by atoms with Crippen molar-refractivity contribution in [3.63, 3.8) is 0 Å². The van der Waals surface area contributed by atoms with E-state index in [0.29, 0.717) is 30.1 Å². The van der Waals surface area contributed by atoms with E-state index in [1.807, 2.05) is 24.3 Å².